The van der Waals surface area contributed by atoms with Gasteiger partial charge < -0.3 is 20.9 Å². The van der Waals surface area contributed by atoms with Gasteiger partial charge in [-0.2, -0.15) is 0 Å². The average Bonchev–Trinajstić information content (AvgIpc) is 2.41. The van der Waals surface area contributed by atoms with E-state index in [1.807, 2.05) is 13.0 Å². The molecule has 0 spiro atoms. The normalized spacial score (nSPS) is 10.1. The number of aryl methyl sites for hydroxylation is 1. The first-order chi connectivity index (χ1) is 9.51. The fourth-order valence-corrected chi connectivity index (χ4v) is 1.83. The molecule has 20 heavy (non-hydrogen) atoms. The van der Waals surface area contributed by atoms with Gasteiger partial charge in [0, 0.05) is 17.4 Å². The van der Waals surface area contributed by atoms with Gasteiger partial charge in [0.1, 0.15) is 0 Å². The Labute approximate surface area is 117 Å². The number of nitrogens with two attached hydrogens (primary N) is 1. The van der Waals surface area contributed by atoms with Crippen molar-refractivity contribution in [2.24, 2.45) is 0 Å². The summed E-state index contributed by atoms with van der Waals surface area (Å²) >= 11 is 0. The van der Waals surface area contributed by atoms with E-state index in [1.165, 1.54) is 13.2 Å². The summed E-state index contributed by atoms with van der Waals surface area (Å²) in [7, 11) is 1.46. The lowest BCUT2D eigenvalue weighted by Crippen LogP contribution is -2.14. The topological polar surface area (TPSA) is 84.6 Å². The zero-order chi connectivity index (χ0) is 14.7. The zero-order valence-electron chi connectivity index (χ0n) is 11.3. The maximum atomic E-state index is 12.1. The predicted molar refractivity (Wildman–Crippen MR) is 78.2 cm³/mol. The first kappa shape index (κ1) is 13.7. The number of amides is 1. The van der Waals surface area contributed by atoms with Crippen LogP contribution in [0, 0.1) is 6.92 Å². The van der Waals surface area contributed by atoms with E-state index in [0.717, 1.165) is 5.56 Å². The Bertz CT molecular complexity index is 654. The van der Waals surface area contributed by atoms with Gasteiger partial charge in [-0.05, 0) is 31.2 Å². The number of phenolic OH excluding ortho intramolecular Hbond substituents is 1. The molecule has 2 aromatic carbocycles. The molecule has 4 N–H and O–H groups in total. The zero-order valence-corrected chi connectivity index (χ0v) is 11.3. The minimum atomic E-state index is -0.323. The molecule has 5 heteroatoms. The lowest BCUT2D eigenvalue weighted by molar-refractivity contribution is 0.102. The van der Waals surface area contributed by atoms with Crippen molar-refractivity contribution in [1.29, 1.82) is 0 Å². The van der Waals surface area contributed by atoms with Crippen LogP contribution in [0.5, 0.6) is 11.5 Å². The maximum absolute atomic E-state index is 12.1. The molecular formula is C15H16N2O3. The standard InChI is InChI=1S/C15H16N2O3/c1-9-3-5-12(16)11(7-9)15(19)17-10-4-6-14(20-2)13(18)8-10/h3-8,18H,16H2,1-2H3,(H,17,19). The van der Waals surface area contributed by atoms with Gasteiger partial charge in [0.05, 0.1) is 12.7 Å². The van der Waals surface area contributed by atoms with Gasteiger partial charge in [0.25, 0.3) is 5.91 Å². The summed E-state index contributed by atoms with van der Waals surface area (Å²) in [5, 5.41) is 12.4. The molecule has 5 nitrogen and oxygen atoms in total. The van der Waals surface area contributed by atoms with Gasteiger partial charge in [-0.1, -0.05) is 11.6 Å². The predicted octanol–water partition coefficient (Wildman–Crippen LogP) is 2.54. The fourth-order valence-electron chi connectivity index (χ4n) is 1.83. The molecule has 0 aliphatic carbocycles. The van der Waals surface area contributed by atoms with Gasteiger partial charge in [0.15, 0.2) is 11.5 Å². The number of rotatable bonds is 3. The van der Waals surface area contributed by atoms with Crippen LogP contribution in [0.3, 0.4) is 0 Å². The van der Waals surface area contributed by atoms with Crippen LogP contribution in [0.2, 0.25) is 0 Å². The molecule has 2 rings (SSSR count). The number of benzene rings is 2. The van der Waals surface area contributed by atoms with Crippen molar-refractivity contribution >= 4 is 17.3 Å². The average molecular weight is 272 g/mol. The smallest absolute Gasteiger partial charge is 0.257 e. The summed E-state index contributed by atoms with van der Waals surface area (Å²) in [6, 6.07) is 9.88. The molecule has 0 fully saturated rings. The molecule has 0 unspecified atom stereocenters. The first-order valence-corrected chi connectivity index (χ1v) is 6.05. The van der Waals surface area contributed by atoms with Gasteiger partial charge in [0.2, 0.25) is 0 Å². The summed E-state index contributed by atoms with van der Waals surface area (Å²) in [5.41, 5.74) is 8.01. The Morgan fingerprint density at radius 2 is 2.00 bits per heavy atom. The highest BCUT2D eigenvalue weighted by Gasteiger charge is 2.11. The monoisotopic (exact) mass is 272 g/mol. The minimum absolute atomic E-state index is 0.0393. The summed E-state index contributed by atoms with van der Waals surface area (Å²) in [5.74, 6) is -0.0173. The number of carbonyl (C=O) groups excluding carboxylic acids is 1. The van der Waals surface area contributed by atoms with E-state index in [9.17, 15) is 9.90 Å². The van der Waals surface area contributed by atoms with Crippen molar-refractivity contribution in [1.82, 2.24) is 0 Å². The van der Waals surface area contributed by atoms with Crippen LogP contribution < -0.4 is 15.8 Å². The Hall–Kier alpha value is -2.69. The Morgan fingerprint density at radius 3 is 2.65 bits per heavy atom. The van der Waals surface area contributed by atoms with E-state index in [1.54, 1.807) is 24.3 Å². The van der Waals surface area contributed by atoms with Gasteiger partial charge in [-0.15, -0.1) is 0 Å². The molecule has 0 bridgehead atoms. The molecule has 0 aliphatic rings. The summed E-state index contributed by atoms with van der Waals surface area (Å²) in [4.78, 5) is 12.1. The number of hydrogen-bond donors (Lipinski definition) is 3. The van der Waals surface area contributed by atoms with E-state index in [-0.39, 0.29) is 11.7 Å². The van der Waals surface area contributed by atoms with Crippen molar-refractivity contribution in [3.63, 3.8) is 0 Å². The molecule has 104 valence electrons. The quantitative estimate of drug-likeness (QED) is 0.750. The van der Waals surface area contributed by atoms with E-state index < -0.39 is 0 Å². The van der Waals surface area contributed by atoms with Crippen molar-refractivity contribution in [2.75, 3.05) is 18.2 Å². The maximum Gasteiger partial charge on any atom is 0.257 e. The number of hydrogen-bond acceptors (Lipinski definition) is 4. The van der Waals surface area contributed by atoms with E-state index >= 15 is 0 Å². The van der Waals surface area contributed by atoms with Crippen molar-refractivity contribution < 1.29 is 14.6 Å². The fraction of sp³-hybridized carbons (Fsp3) is 0.133. The summed E-state index contributed by atoms with van der Waals surface area (Å²) in [6.45, 7) is 1.88. The third-order valence-corrected chi connectivity index (χ3v) is 2.89. The SMILES string of the molecule is COc1ccc(NC(=O)c2cc(C)ccc2N)cc1O. The molecule has 1 amide bonds. The van der Waals surface area contributed by atoms with Crippen LogP contribution in [-0.2, 0) is 0 Å². The molecule has 0 saturated carbocycles. The third-order valence-electron chi connectivity index (χ3n) is 2.89. The number of phenols is 1. The second-order valence-electron chi connectivity index (χ2n) is 4.43. The molecule has 0 saturated heterocycles. The highest BCUT2D eigenvalue weighted by atomic mass is 16.5. The lowest BCUT2D eigenvalue weighted by atomic mass is 10.1. The number of ether oxygens (including phenoxy) is 1. The molecule has 0 aliphatic heterocycles. The molecule has 0 heterocycles. The van der Waals surface area contributed by atoms with Crippen molar-refractivity contribution in [3.05, 3.63) is 47.5 Å². The Balaban J connectivity index is 2.23. The number of carbonyl (C=O) groups is 1. The number of nitrogens with one attached hydrogen (secondary N) is 1. The number of nitrogen functional groups attached to an aromatic ring is 1. The minimum Gasteiger partial charge on any atom is -0.504 e. The van der Waals surface area contributed by atoms with Crippen molar-refractivity contribution in [2.45, 2.75) is 6.92 Å². The van der Waals surface area contributed by atoms with Crippen LogP contribution in [0.15, 0.2) is 36.4 Å². The Morgan fingerprint density at radius 1 is 1.25 bits per heavy atom. The number of methoxy groups -OCH3 is 1. The van der Waals surface area contributed by atoms with Crippen LogP contribution >= 0.6 is 0 Å². The molecule has 2 aromatic rings. The summed E-state index contributed by atoms with van der Waals surface area (Å²) < 4.78 is 4.94. The van der Waals surface area contributed by atoms with Crippen molar-refractivity contribution in [3.8, 4) is 11.5 Å². The molecule has 0 atom stereocenters. The van der Waals surface area contributed by atoms with Crippen LogP contribution in [-0.4, -0.2) is 18.1 Å². The van der Waals surface area contributed by atoms with E-state index in [2.05, 4.69) is 5.32 Å². The third kappa shape index (κ3) is 2.83. The molecule has 0 radical (unpaired) electrons. The molecule has 0 aromatic heterocycles. The number of anilines is 2. The Kier molecular flexibility index (Phi) is 3.79. The van der Waals surface area contributed by atoms with Crippen LogP contribution in [0.4, 0.5) is 11.4 Å². The molecular weight excluding hydrogens is 256 g/mol. The first-order valence-electron chi connectivity index (χ1n) is 6.05. The second kappa shape index (κ2) is 5.52. The number of aromatic hydroxyl groups is 1. The highest BCUT2D eigenvalue weighted by molar-refractivity contribution is 6.07. The van der Waals surface area contributed by atoms with E-state index in [0.29, 0.717) is 22.7 Å². The lowest BCUT2D eigenvalue weighted by Gasteiger charge is -2.10. The second-order valence-corrected chi connectivity index (χ2v) is 4.43. The summed E-state index contributed by atoms with van der Waals surface area (Å²) in [6.07, 6.45) is 0. The van der Waals surface area contributed by atoms with Gasteiger partial charge in [-0.25, -0.2) is 0 Å². The van der Waals surface area contributed by atoms with Gasteiger partial charge in [-0.3, -0.25) is 4.79 Å². The van der Waals surface area contributed by atoms with Crippen LogP contribution in [0.1, 0.15) is 15.9 Å². The highest BCUT2D eigenvalue weighted by Crippen LogP contribution is 2.29. The van der Waals surface area contributed by atoms with Gasteiger partial charge >= 0.3 is 0 Å². The van der Waals surface area contributed by atoms with Crippen LogP contribution in [0.25, 0.3) is 0 Å². The largest absolute Gasteiger partial charge is 0.504 e. The van der Waals surface area contributed by atoms with E-state index in [4.69, 9.17) is 10.5 Å².